The first-order valence-corrected chi connectivity index (χ1v) is 13.1. The molecule has 0 aliphatic heterocycles. The maximum atomic E-state index is 13.5. The van der Waals surface area contributed by atoms with Crippen LogP contribution in [0.25, 0.3) is 0 Å². The molecule has 36 heavy (non-hydrogen) atoms. The Kier molecular flexibility index (Phi) is 6.14. The summed E-state index contributed by atoms with van der Waals surface area (Å²) in [6.45, 7) is 0. The van der Waals surface area contributed by atoms with Crippen molar-refractivity contribution in [1.29, 1.82) is 0 Å². The third-order valence-electron chi connectivity index (χ3n) is 7.30. The van der Waals surface area contributed by atoms with E-state index in [9.17, 15) is 32.2 Å². The summed E-state index contributed by atoms with van der Waals surface area (Å²) in [5.41, 5.74) is -1.52. The Labute approximate surface area is 210 Å². The van der Waals surface area contributed by atoms with Crippen molar-refractivity contribution >= 4 is 33.0 Å². The first kappa shape index (κ1) is 24.8. The van der Waals surface area contributed by atoms with E-state index in [4.69, 9.17) is 11.6 Å². The van der Waals surface area contributed by atoms with E-state index in [1.807, 2.05) is 0 Å². The number of benzene rings is 2. The standard InChI is InChI=1S/C24H22ClF2N3O5S/c25-17-3-1-12(23(32)30-15-2-4-18(26)19(27)11-15)7-20(17)36(34,35)16-9-13-8-14(10-16)24(13,33)21(31)22-28-5-6-29-22/h1-7,11,13-14,16,21,31,33H,8-10H2,(H,28,29)(H,30,32). The molecule has 3 atom stereocenters. The van der Waals surface area contributed by atoms with Crippen LogP contribution in [0.5, 0.6) is 0 Å². The van der Waals surface area contributed by atoms with Gasteiger partial charge >= 0.3 is 0 Å². The Hall–Kier alpha value is -2.86. The van der Waals surface area contributed by atoms with Crippen molar-refractivity contribution in [3.05, 3.63) is 76.8 Å². The topological polar surface area (TPSA) is 132 Å². The zero-order valence-corrected chi connectivity index (χ0v) is 20.2. The minimum Gasteiger partial charge on any atom is -0.386 e. The number of rotatable bonds is 6. The first-order chi connectivity index (χ1) is 17.0. The number of carbonyl (C=O) groups excluding carboxylic acids is 1. The third-order valence-corrected chi connectivity index (χ3v) is 9.96. The van der Waals surface area contributed by atoms with Gasteiger partial charge < -0.3 is 20.5 Å². The number of aromatic nitrogens is 2. The number of aromatic amines is 1. The molecule has 6 rings (SSSR count). The van der Waals surface area contributed by atoms with Crippen LogP contribution in [0.4, 0.5) is 14.5 Å². The zero-order chi connectivity index (χ0) is 25.8. The Morgan fingerprint density at radius 1 is 1.14 bits per heavy atom. The molecule has 3 aliphatic rings. The molecule has 1 amide bonds. The first-order valence-electron chi connectivity index (χ1n) is 11.2. The summed E-state index contributed by atoms with van der Waals surface area (Å²) in [6, 6.07) is 6.62. The number of hydrogen-bond donors (Lipinski definition) is 4. The minimum atomic E-state index is -4.00. The van der Waals surface area contributed by atoms with E-state index in [2.05, 4.69) is 15.3 Å². The number of anilines is 1. The summed E-state index contributed by atoms with van der Waals surface area (Å²) in [7, 11) is -4.00. The van der Waals surface area contributed by atoms with Gasteiger partial charge in [0.15, 0.2) is 21.5 Å². The highest BCUT2D eigenvalue weighted by atomic mass is 35.5. The molecule has 2 aromatic carbocycles. The van der Waals surface area contributed by atoms with E-state index >= 15 is 0 Å². The molecule has 3 unspecified atom stereocenters. The third kappa shape index (κ3) is 4.00. The van der Waals surface area contributed by atoms with Crippen LogP contribution >= 0.6 is 11.6 Å². The van der Waals surface area contributed by atoms with Crippen LogP contribution < -0.4 is 5.32 Å². The molecule has 3 saturated carbocycles. The van der Waals surface area contributed by atoms with Gasteiger partial charge in [-0.3, -0.25) is 4.79 Å². The minimum absolute atomic E-state index is 0.0000237. The molecule has 0 spiro atoms. The summed E-state index contributed by atoms with van der Waals surface area (Å²) in [4.78, 5) is 19.2. The van der Waals surface area contributed by atoms with E-state index in [0.717, 1.165) is 18.2 Å². The molecular weight excluding hydrogens is 516 g/mol. The number of nitrogens with zero attached hydrogens (tertiary/aromatic N) is 1. The number of fused-ring (bicyclic) bond motifs is 2. The zero-order valence-electron chi connectivity index (χ0n) is 18.7. The van der Waals surface area contributed by atoms with Gasteiger partial charge in [0, 0.05) is 29.7 Å². The van der Waals surface area contributed by atoms with Crippen LogP contribution in [0.1, 0.15) is 41.5 Å². The second kappa shape index (κ2) is 8.91. The van der Waals surface area contributed by atoms with Gasteiger partial charge in [-0.1, -0.05) is 11.6 Å². The van der Waals surface area contributed by atoms with Crippen molar-refractivity contribution < 1.29 is 32.2 Å². The van der Waals surface area contributed by atoms with Crippen LogP contribution in [0.2, 0.25) is 5.02 Å². The Balaban J connectivity index is 1.36. The quantitative estimate of drug-likeness (QED) is 0.379. The van der Waals surface area contributed by atoms with Crippen molar-refractivity contribution in [3.8, 4) is 0 Å². The monoisotopic (exact) mass is 537 g/mol. The molecular formula is C24H22ClF2N3O5S. The van der Waals surface area contributed by atoms with Crippen molar-refractivity contribution in [2.24, 2.45) is 11.8 Å². The molecule has 3 aromatic rings. The fourth-order valence-corrected chi connectivity index (χ4v) is 7.76. The fourth-order valence-electron chi connectivity index (χ4n) is 5.36. The molecule has 0 radical (unpaired) electrons. The molecule has 3 aliphatic carbocycles. The van der Waals surface area contributed by atoms with E-state index in [-0.39, 0.29) is 39.8 Å². The SMILES string of the molecule is O=C(Nc1ccc(F)c(F)c1)c1ccc(Cl)c(S(=O)(=O)C2CC3CC(C2)C3(O)C(O)c2ncc[nH]2)c1. The number of hydrogen-bond acceptors (Lipinski definition) is 6. The van der Waals surface area contributed by atoms with E-state index in [1.54, 1.807) is 0 Å². The predicted octanol–water partition coefficient (Wildman–Crippen LogP) is 3.63. The van der Waals surface area contributed by atoms with Crippen LogP contribution in [0.15, 0.2) is 53.7 Å². The lowest BCUT2D eigenvalue weighted by atomic mass is 9.51. The number of H-pyrrole nitrogens is 1. The number of nitrogens with one attached hydrogen (secondary N) is 2. The molecule has 4 N–H and O–H groups in total. The Morgan fingerprint density at radius 2 is 1.86 bits per heavy atom. The van der Waals surface area contributed by atoms with Crippen LogP contribution in [-0.4, -0.2) is 45.4 Å². The molecule has 1 aromatic heterocycles. The summed E-state index contributed by atoms with van der Waals surface area (Å²) in [6.07, 6.45) is 2.50. The van der Waals surface area contributed by atoms with E-state index < -0.39 is 56.2 Å². The van der Waals surface area contributed by atoms with Crippen LogP contribution in [0.3, 0.4) is 0 Å². The highest BCUT2D eigenvalue weighted by Gasteiger charge is 2.64. The molecule has 2 bridgehead atoms. The summed E-state index contributed by atoms with van der Waals surface area (Å²) in [5.74, 6) is -3.64. The maximum Gasteiger partial charge on any atom is 0.255 e. The molecule has 0 saturated heterocycles. The number of aliphatic hydroxyl groups is 2. The van der Waals surface area contributed by atoms with Gasteiger partial charge in [0.2, 0.25) is 0 Å². The van der Waals surface area contributed by atoms with E-state index in [1.165, 1.54) is 30.6 Å². The molecule has 190 valence electrons. The van der Waals surface area contributed by atoms with Gasteiger partial charge in [0.05, 0.1) is 15.2 Å². The summed E-state index contributed by atoms with van der Waals surface area (Å²) in [5, 5.41) is 23.4. The van der Waals surface area contributed by atoms with Gasteiger partial charge in [-0.25, -0.2) is 22.2 Å². The lowest BCUT2D eigenvalue weighted by Gasteiger charge is -2.59. The van der Waals surface area contributed by atoms with Gasteiger partial charge in [-0.05, 0) is 61.4 Å². The maximum absolute atomic E-state index is 13.5. The fraction of sp³-hybridized carbons (Fsp3) is 0.333. The highest BCUT2D eigenvalue weighted by Crippen LogP contribution is 2.59. The van der Waals surface area contributed by atoms with Crippen molar-refractivity contribution in [3.63, 3.8) is 0 Å². The number of halogens is 3. The average molecular weight is 538 g/mol. The number of aliphatic hydroxyl groups excluding tert-OH is 1. The van der Waals surface area contributed by atoms with Gasteiger partial charge in [-0.15, -0.1) is 0 Å². The van der Waals surface area contributed by atoms with Gasteiger partial charge in [0.1, 0.15) is 17.5 Å². The number of carbonyl (C=O) groups is 1. The summed E-state index contributed by atoms with van der Waals surface area (Å²) < 4.78 is 53.7. The van der Waals surface area contributed by atoms with E-state index in [0.29, 0.717) is 6.42 Å². The number of amides is 1. The lowest BCUT2D eigenvalue weighted by Crippen LogP contribution is -2.64. The van der Waals surface area contributed by atoms with Crippen molar-refractivity contribution in [2.75, 3.05) is 5.32 Å². The second-order valence-corrected chi connectivity index (χ2v) is 11.9. The molecule has 3 fully saturated rings. The smallest absolute Gasteiger partial charge is 0.255 e. The van der Waals surface area contributed by atoms with Crippen molar-refractivity contribution in [2.45, 2.75) is 41.1 Å². The number of sulfone groups is 1. The predicted molar refractivity (Wildman–Crippen MR) is 126 cm³/mol. The Morgan fingerprint density at radius 3 is 2.50 bits per heavy atom. The van der Waals surface area contributed by atoms with Crippen molar-refractivity contribution in [1.82, 2.24) is 9.97 Å². The molecule has 8 nitrogen and oxygen atoms in total. The van der Waals surface area contributed by atoms with Crippen LogP contribution in [0, 0.1) is 23.5 Å². The molecule has 1 heterocycles. The highest BCUT2D eigenvalue weighted by molar-refractivity contribution is 7.92. The normalized spacial score (nSPS) is 26.2. The average Bonchev–Trinajstić information content (AvgIpc) is 3.40. The Bertz CT molecular complexity index is 1420. The van der Waals surface area contributed by atoms with Crippen LogP contribution in [-0.2, 0) is 9.84 Å². The lowest BCUT2D eigenvalue weighted by molar-refractivity contribution is -0.235. The largest absolute Gasteiger partial charge is 0.386 e. The second-order valence-electron chi connectivity index (χ2n) is 9.26. The van der Waals surface area contributed by atoms with Gasteiger partial charge in [-0.2, -0.15) is 0 Å². The number of imidazole rings is 1. The van der Waals surface area contributed by atoms with Gasteiger partial charge in [0.25, 0.3) is 5.91 Å². The summed E-state index contributed by atoms with van der Waals surface area (Å²) >= 11 is 6.22. The molecule has 12 heteroatoms.